The number of thioether (sulfide) groups is 1. The summed E-state index contributed by atoms with van der Waals surface area (Å²) < 4.78 is 15.0. The molecular weight excluding hydrogens is 317 g/mol. The van der Waals surface area contributed by atoms with Crippen LogP contribution in [0, 0.1) is 11.7 Å². The topological polar surface area (TPSA) is 85.8 Å². The normalized spacial score (nSPS) is 12.4. The van der Waals surface area contributed by atoms with Gasteiger partial charge in [0.05, 0.1) is 10.8 Å². The van der Waals surface area contributed by atoms with E-state index in [-0.39, 0.29) is 22.5 Å². The summed E-state index contributed by atoms with van der Waals surface area (Å²) in [6.45, 7) is 6.42. The lowest BCUT2D eigenvalue weighted by atomic mass is 10.2. The number of aromatic nitrogens is 3. The Labute approximate surface area is 138 Å². The minimum absolute atomic E-state index is 0.0980. The third-order valence-corrected chi connectivity index (χ3v) is 4.17. The maximum atomic E-state index is 13.8. The van der Waals surface area contributed by atoms with Gasteiger partial charge in [0.15, 0.2) is 5.82 Å². The second-order valence-electron chi connectivity index (χ2n) is 5.56. The summed E-state index contributed by atoms with van der Waals surface area (Å²) in [6, 6.07) is 6.20. The van der Waals surface area contributed by atoms with Crippen molar-refractivity contribution in [2.75, 3.05) is 12.4 Å². The van der Waals surface area contributed by atoms with Gasteiger partial charge in [0.2, 0.25) is 11.1 Å². The van der Waals surface area contributed by atoms with Crippen molar-refractivity contribution in [2.45, 2.75) is 31.2 Å². The van der Waals surface area contributed by atoms with E-state index < -0.39 is 5.82 Å². The average molecular weight is 337 g/mol. The maximum absolute atomic E-state index is 13.8. The molecule has 0 spiro atoms. The first kappa shape index (κ1) is 17.3. The van der Waals surface area contributed by atoms with Crippen molar-refractivity contribution >= 4 is 17.7 Å². The number of hydrogen-bond donors (Lipinski definition) is 2. The summed E-state index contributed by atoms with van der Waals surface area (Å²) in [6.07, 6.45) is 0. The van der Waals surface area contributed by atoms with E-state index in [9.17, 15) is 9.18 Å². The van der Waals surface area contributed by atoms with E-state index in [1.807, 2.05) is 13.8 Å². The van der Waals surface area contributed by atoms with Gasteiger partial charge in [0, 0.05) is 6.54 Å². The quantitative estimate of drug-likeness (QED) is 0.622. The molecule has 1 aromatic carbocycles. The zero-order chi connectivity index (χ0) is 17.0. The molecule has 2 rings (SSSR count). The van der Waals surface area contributed by atoms with E-state index in [1.54, 1.807) is 25.1 Å². The fourth-order valence-corrected chi connectivity index (χ4v) is 2.64. The molecule has 0 aliphatic heterocycles. The number of carbonyl (C=O) groups excluding carboxylic acids is 1. The lowest BCUT2D eigenvalue weighted by Gasteiger charge is -2.12. The van der Waals surface area contributed by atoms with Gasteiger partial charge in [0.25, 0.3) is 0 Å². The summed E-state index contributed by atoms with van der Waals surface area (Å²) in [5.41, 5.74) is 0.270. The van der Waals surface area contributed by atoms with Crippen LogP contribution < -0.4 is 11.2 Å². The second-order valence-corrected chi connectivity index (χ2v) is 6.86. The Kier molecular flexibility index (Phi) is 5.59. The molecule has 1 amide bonds. The number of hydrogen-bond acceptors (Lipinski definition) is 5. The lowest BCUT2D eigenvalue weighted by molar-refractivity contribution is -0.120. The van der Waals surface area contributed by atoms with Crippen LogP contribution in [0.15, 0.2) is 29.4 Å². The Balaban J connectivity index is 2.11. The van der Waals surface area contributed by atoms with E-state index in [0.717, 1.165) is 0 Å². The monoisotopic (exact) mass is 337 g/mol. The van der Waals surface area contributed by atoms with Crippen LogP contribution >= 0.6 is 11.8 Å². The Morgan fingerprint density at radius 2 is 2.04 bits per heavy atom. The number of nitrogen functional groups attached to an aromatic ring is 1. The summed E-state index contributed by atoms with van der Waals surface area (Å²) >= 11 is 1.18. The third-order valence-electron chi connectivity index (χ3n) is 3.12. The molecule has 0 bridgehead atoms. The van der Waals surface area contributed by atoms with Gasteiger partial charge in [-0.25, -0.2) is 9.07 Å². The Hall–Kier alpha value is -2.09. The van der Waals surface area contributed by atoms with Gasteiger partial charge < -0.3 is 11.2 Å². The molecule has 8 heteroatoms. The molecule has 6 nitrogen and oxygen atoms in total. The highest BCUT2D eigenvalue weighted by Crippen LogP contribution is 2.26. The van der Waals surface area contributed by atoms with Crippen molar-refractivity contribution in [1.82, 2.24) is 20.2 Å². The smallest absolute Gasteiger partial charge is 0.233 e. The molecule has 2 aromatic rings. The molecule has 0 radical (unpaired) electrons. The third kappa shape index (κ3) is 4.22. The number of rotatable bonds is 6. The minimum atomic E-state index is -0.425. The van der Waals surface area contributed by atoms with Gasteiger partial charge in [-0.2, -0.15) is 0 Å². The zero-order valence-corrected chi connectivity index (χ0v) is 14.1. The number of amides is 1. The Morgan fingerprint density at radius 3 is 2.70 bits per heavy atom. The van der Waals surface area contributed by atoms with Gasteiger partial charge in [-0.15, -0.1) is 10.2 Å². The highest BCUT2D eigenvalue weighted by Gasteiger charge is 2.20. The average Bonchev–Trinajstić information content (AvgIpc) is 2.86. The first-order valence-electron chi connectivity index (χ1n) is 7.30. The van der Waals surface area contributed by atoms with E-state index >= 15 is 0 Å². The van der Waals surface area contributed by atoms with Gasteiger partial charge in [-0.3, -0.25) is 4.79 Å². The zero-order valence-electron chi connectivity index (χ0n) is 13.3. The second kappa shape index (κ2) is 7.45. The number of carbonyl (C=O) groups is 1. The molecule has 0 unspecified atom stereocenters. The number of halogens is 1. The van der Waals surface area contributed by atoms with Crippen molar-refractivity contribution in [3.8, 4) is 11.4 Å². The Morgan fingerprint density at radius 1 is 1.35 bits per heavy atom. The first-order chi connectivity index (χ1) is 10.9. The number of benzene rings is 1. The van der Waals surface area contributed by atoms with Gasteiger partial charge in [-0.1, -0.05) is 37.7 Å². The molecular formula is C15H20FN5OS. The van der Waals surface area contributed by atoms with Crippen LogP contribution in [-0.2, 0) is 4.79 Å². The molecule has 0 fully saturated rings. The summed E-state index contributed by atoms with van der Waals surface area (Å²) in [4.78, 5) is 12.0. The van der Waals surface area contributed by atoms with Crippen molar-refractivity contribution in [1.29, 1.82) is 0 Å². The van der Waals surface area contributed by atoms with E-state index in [0.29, 0.717) is 17.6 Å². The number of nitrogens with zero attached hydrogens (tertiary/aromatic N) is 3. The minimum Gasteiger partial charge on any atom is -0.355 e. The predicted molar refractivity (Wildman–Crippen MR) is 88.7 cm³/mol. The van der Waals surface area contributed by atoms with Crippen LogP contribution in [0.4, 0.5) is 4.39 Å². The van der Waals surface area contributed by atoms with Gasteiger partial charge in [-0.05, 0) is 25.0 Å². The van der Waals surface area contributed by atoms with Crippen LogP contribution in [0.3, 0.4) is 0 Å². The molecule has 23 heavy (non-hydrogen) atoms. The molecule has 0 saturated carbocycles. The van der Waals surface area contributed by atoms with E-state index in [4.69, 9.17) is 5.84 Å². The summed E-state index contributed by atoms with van der Waals surface area (Å²) in [5.74, 6) is 6.02. The Bertz CT molecular complexity index is 688. The lowest BCUT2D eigenvalue weighted by Crippen LogP contribution is -2.33. The fourth-order valence-electron chi connectivity index (χ4n) is 1.84. The molecule has 1 heterocycles. The molecule has 0 saturated heterocycles. The molecule has 0 aliphatic rings. The first-order valence-corrected chi connectivity index (χ1v) is 8.18. The van der Waals surface area contributed by atoms with Crippen molar-refractivity contribution in [2.24, 2.45) is 5.92 Å². The molecule has 1 aromatic heterocycles. The summed E-state index contributed by atoms with van der Waals surface area (Å²) in [7, 11) is 0. The van der Waals surface area contributed by atoms with Gasteiger partial charge >= 0.3 is 0 Å². The van der Waals surface area contributed by atoms with Crippen LogP contribution in [0.2, 0.25) is 0 Å². The van der Waals surface area contributed by atoms with Crippen molar-refractivity contribution in [3.63, 3.8) is 0 Å². The molecule has 124 valence electrons. The van der Waals surface area contributed by atoms with Crippen molar-refractivity contribution in [3.05, 3.63) is 30.1 Å². The maximum Gasteiger partial charge on any atom is 0.233 e. The number of nitrogens with one attached hydrogen (secondary N) is 1. The van der Waals surface area contributed by atoms with Crippen LogP contribution in [-0.4, -0.2) is 32.6 Å². The van der Waals surface area contributed by atoms with Gasteiger partial charge in [0.1, 0.15) is 5.82 Å². The predicted octanol–water partition coefficient (Wildman–Crippen LogP) is 2.05. The van der Waals surface area contributed by atoms with Crippen molar-refractivity contribution < 1.29 is 9.18 Å². The largest absolute Gasteiger partial charge is 0.355 e. The van der Waals surface area contributed by atoms with E-state index in [1.165, 1.54) is 22.5 Å². The van der Waals surface area contributed by atoms with Crippen LogP contribution in [0.1, 0.15) is 20.8 Å². The SMILES string of the molecule is CC(C)CNC(=O)[C@H](C)Sc1nnc(-c2ccccc2F)n1N. The highest BCUT2D eigenvalue weighted by atomic mass is 32.2. The van der Waals surface area contributed by atoms with Crippen LogP contribution in [0.5, 0.6) is 0 Å². The fraction of sp³-hybridized carbons (Fsp3) is 0.400. The highest BCUT2D eigenvalue weighted by molar-refractivity contribution is 8.00. The van der Waals surface area contributed by atoms with Crippen LogP contribution in [0.25, 0.3) is 11.4 Å². The molecule has 3 N–H and O–H groups in total. The summed E-state index contributed by atoms with van der Waals surface area (Å²) in [5, 5.41) is 10.7. The van der Waals surface area contributed by atoms with E-state index in [2.05, 4.69) is 15.5 Å². The molecule has 0 aliphatic carbocycles. The number of nitrogens with two attached hydrogens (primary N) is 1. The molecule has 1 atom stereocenters. The standard InChI is InChI=1S/C15H20FN5OS/c1-9(2)8-18-14(22)10(3)23-15-20-19-13(21(15)17)11-6-4-5-7-12(11)16/h4-7,9-10H,8,17H2,1-3H3,(H,18,22)/t10-/m0/s1.